The first kappa shape index (κ1) is 24.8. The van der Waals surface area contributed by atoms with Gasteiger partial charge in [-0.2, -0.15) is 0 Å². The Morgan fingerprint density at radius 1 is 0.949 bits per heavy atom. The summed E-state index contributed by atoms with van der Waals surface area (Å²) in [4.78, 5) is 27.9. The Morgan fingerprint density at radius 2 is 1.72 bits per heavy atom. The molecule has 0 unspecified atom stereocenters. The van der Waals surface area contributed by atoms with E-state index in [-0.39, 0.29) is 36.1 Å². The molecule has 7 nitrogen and oxygen atoms in total. The average Bonchev–Trinajstić information content (AvgIpc) is 3.72. The van der Waals surface area contributed by atoms with Crippen molar-refractivity contribution in [3.63, 3.8) is 0 Å². The molecule has 6 rings (SSSR count). The smallest absolute Gasteiger partial charge is 0.291 e. The molecule has 3 aromatic carbocycles. The maximum absolute atomic E-state index is 13.2. The number of furan rings is 1. The summed E-state index contributed by atoms with van der Waals surface area (Å²) in [6.45, 7) is 0.894. The predicted octanol–water partition coefficient (Wildman–Crippen LogP) is 6.00. The fourth-order valence-electron chi connectivity index (χ4n) is 5.08. The molecule has 2 amide bonds. The molecule has 0 radical (unpaired) electrons. The molecule has 1 atom stereocenters. The van der Waals surface area contributed by atoms with Crippen LogP contribution in [-0.4, -0.2) is 30.4 Å². The minimum Gasteiger partial charge on any atom is -0.497 e. The second-order valence-electron chi connectivity index (χ2n) is 9.97. The zero-order valence-corrected chi connectivity index (χ0v) is 21.8. The molecule has 7 heteroatoms. The molecule has 0 bridgehead atoms. The molecule has 0 spiro atoms. The van der Waals surface area contributed by atoms with Gasteiger partial charge in [0.2, 0.25) is 5.91 Å². The predicted molar refractivity (Wildman–Crippen MR) is 147 cm³/mol. The number of hydrogen-bond donors (Lipinski definition) is 1. The van der Waals surface area contributed by atoms with Gasteiger partial charge >= 0.3 is 0 Å². The van der Waals surface area contributed by atoms with E-state index in [4.69, 9.17) is 13.9 Å². The summed E-state index contributed by atoms with van der Waals surface area (Å²) < 4.78 is 17.0. The first-order chi connectivity index (χ1) is 19.1. The summed E-state index contributed by atoms with van der Waals surface area (Å²) in [6, 6.07) is 26.6. The highest BCUT2D eigenvalue weighted by atomic mass is 16.5. The van der Waals surface area contributed by atoms with Crippen LogP contribution in [0.1, 0.15) is 51.9 Å². The van der Waals surface area contributed by atoms with Crippen molar-refractivity contribution in [1.29, 1.82) is 0 Å². The first-order valence-corrected chi connectivity index (χ1v) is 13.2. The quantitative estimate of drug-likeness (QED) is 0.307. The Hall–Kier alpha value is -4.52. The third kappa shape index (κ3) is 5.39. The molecule has 1 aromatic heterocycles. The Morgan fingerprint density at radius 3 is 2.46 bits per heavy atom. The van der Waals surface area contributed by atoms with Gasteiger partial charge in [0.15, 0.2) is 5.76 Å². The van der Waals surface area contributed by atoms with Crippen molar-refractivity contribution in [3.8, 4) is 11.5 Å². The van der Waals surface area contributed by atoms with Gasteiger partial charge in [0.05, 0.1) is 13.2 Å². The van der Waals surface area contributed by atoms with E-state index in [1.807, 2.05) is 35.2 Å². The third-order valence-corrected chi connectivity index (χ3v) is 7.29. The Balaban J connectivity index is 1.16. The van der Waals surface area contributed by atoms with Gasteiger partial charge in [0, 0.05) is 18.2 Å². The molecule has 0 saturated heterocycles. The van der Waals surface area contributed by atoms with E-state index in [1.165, 1.54) is 5.56 Å². The highest BCUT2D eigenvalue weighted by Crippen LogP contribution is 2.41. The van der Waals surface area contributed by atoms with Gasteiger partial charge in [0.25, 0.3) is 5.91 Å². The Kier molecular flexibility index (Phi) is 6.80. The molecule has 4 aromatic rings. The number of carbonyl (C=O) groups is 2. The summed E-state index contributed by atoms with van der Waals surface area (Å²) in [7, 11) is 1.59. The fourth-order valence-corrected chi connectivity index (χ4v) is 5.08. The Bertz CT molecular complexity index is 1470. The minimum absolute atomic E-state index is 0.136. The second kappa shape index (κ2) is 10.7. The second-order valence-corrected chi connectivity index (χ2v) is 9.97. The summed E-state index contributed by atoms with van der Waals surface area (Å²) in [5.41, 5.74) is 4.07. The summed E-state index contributed by atoms with van der Waals surface area (Å²) in [6.07, 6.45) is 2.79. The zero-order chi connectivity index (χ0) is 26.8. The zero-order valence-electron chi connectivity index (χ0n) is 21.8. The van der Waals surface area contributed by atoms with Crippen molar-refractivity contribution in [2.75, 3.05) is 19.0 Å². The highest BCUT2D eigenvalue weighted by Gasteiger charge is 2.39. The molecule has 1 N–H and O–H groups in total. The number of hydrogen-bond acceptors (Lipinski definition) is 5. The van der Waals surface area contributed by atoms with Crippen LogP contribution in [0.4, 0.5) is 5.69 Å². The van der Waals surface area contributed by atoms with Gasteiger partial charge in [-0.05, 0) is 84.5 Å². The number of benzene rings is 3. The van der Waals surface area contributed by atoms with E-state index in [0.29, 0.717) is 22.9 Å². The molecule has 1 saturated carbocycles. The van der Waals surface area contributed by atoms with E-state index in [9.17, 15) is 9.59 Å². The van der Waals surface area contributed by atoms with Crippen LogP contribution in [0.3, 0.4) is 0 Å². The van der Waals surface area contributed by atoms with Gasteiger partial charge in [-0.1, -0.05) is 36.4 Å². The SMILES string of the molecule is COc1ccc(NC(=O)c2ccc(COc3ccc4c(c3)[C@@H](c3ccccc3)N(C(=O)C3CC3)CC4)o2)cc1. The number of methoxy groups -OCH3 is 1. The number of fused-ring (bicyclic) bond motifs is 1. The van der Waals surface area contributed by atoms with Crippen LogP contribution in [0.15, 0.2) is 89.3 Å². The molecular formula is C32H30N2O5. The lowest BCUT2D eigenvalue weighted by molar-refractivity contribution is -0.134. The van der Waals surface area contributed by atoms with Crippen molar-refractivity contribution in [3.05, 3.63) is 113 Å². The van der Waals surface area contributed by atoms with Crippen LogP contribution in [0.5, 0.6) is 11.5 Å². The van der Waals surface area contributed by atoms with Crippen molar-refractivity contribution in [1.82, 2.24) is 4.90 Å². The maximum atomic E-state index is 13.2. The van der Waals surface area contributed by atoms with Gasteiger partial charge < -0.3 is 24.1 Å². The molecule has 2 aliphatic rings. The average molecular weight is 523 g/mol. The van der Waals surface area contributed by atoms with E-state index in [0.717, 1.165) is 36.9 Å². The van der Waals surface area contributed by atoms with Gasteiger partial charge in [-0.25, -0.2) is 0 Å². The van der Waals surface area contributed by atoms with Crippen LogP contribution >= 0.6 is 0 Å². The molecule has 2 heterocycles. The number of anilines is 1. The summed E-state index contributed by atoms with van der Waals surface area (Å²) in [5.74, 6) is 2.21. The molecular weight excluding hydrogens is 492 g/mol. The van der Waals surface area contributed by atoms with Crippen molar-refractivity contribution < 1.29 is 23.5 Å². The number of ether oxygens (including phenoxy) is 2. The van der Waals surface area contributed by atoms with Gasteiger partial charge in [0.1, 0.15) is 23.9 Å². The standard InChI is InChI=1S/C32H30N2O5/c1-37-25-13-10-24(11-14-25)33-31(35)29-16-15-27(39-29)20-38-26-12-9-21-17-18-34(32(36)23-7-8-23)30(28(21)19-26)22-5-3-2-4-6-22/h2-6,9-16,19,23,30H,7-8,17-18,20H2,1H3,(H,33,35)/t30-/m1/s1. The molecule has 198 valence electrons. The lowest BCUT2D eigenvalue weighted by Crippen LogP contribution is -2.41. The lowest BCUT2D eigenvalue weighted by atomic mass is 9.87. The third-order valence-electron chi connectivity index (χ3n) is 7.29. The van der Waals surface area contributed by atoms with Crippen molar-refractivity contribution >= 4 is 17.5 Å². The maximum Gasteiger partial charge on any atom is 0.291 e. The Labute approximate surface area is 227 Å². The van der Waals surface area contributed by atoms with Gasteiger partial charge in [-0.3, -0.25) is 9.59 Å². The summed E-state index contributed by atoms with van der Waals surface area (Å²) in [5, 5.41) is 2.82. The van der Waals surface area contributed by atoms with Gasteiger partial charge in [-0.15, -0.1) is 0 Å². The van der Waals surface area contributed by atoms with Crippen LogP contribution in [0.25, 0.3) is 0 Å². The van der Waals surface area contributed by atoms with Crippen molar-refractivity contribution in [2.24, 2.45) is 5.92 Å². The van der Waals surface area contributed by atoms with Crippen LogP contribution < -0.4 is 14.8 Å². The summed E-state index contributed by atoms with van der Waals surface area (Å²) >= 11 is 0. The number of amides is 2. The fraction of sp³-hybridized carbons (Fsp3) is 0.250. The first-order valence-electron chi connectivity index (χ1n) is 13.2. The van der Waals surface area contributed by atoms with Crippen molar-refractivity contribution in [2.45, 2.75) is 31.9 Å². The van der Waals surface area contributed by atoms with E-state index >= 15 is 0 Å². The minimum atomic E-state index is -0.341. The number of nitrogens with one attached hydrogen (secondary N) is 1. The number of rotatable bonds is 8. The molecule has 1 aliphatic carbocycles. The van der Waals surface area contributed by atoms with Crippen LogP contribution in [-0.2, 0) is 17.8 Å². The highest BCUT2D eigenvalue weighted by molar-refractivity contribution is 6.02. The van der Waals surface area contributed by atoms with E-state index < -0.39 is 0 Å². The topological polar surface area (TPSA) is 81.0 Å². The normalized spacial score (nSPS) is 16.3. The van der Waals surface area contributed by atoms with E-state index in [2.05, 4.69) is 23.5 Å². The lowest BCUT2D eigenvalue weighted by Gasteiger charge is -2.38. The monoisotopic (exact) mass is 522 g/mol. The molecule has 39 heavy (non-hydrogen) atoms. The molecule has 1 fully saturated rings. The number of carbonyl (C=O) groups excluding carboxylic acids is 2. The van der Waals surface area contributed by atoms with Crippen LogP contribution in [0, 0.1) is 5.92 Å². The van der Waals surface area contributed by atoms with Crippen LogP contribution in [0.2, 0.25) is 0 Å². The largest absolute Gasteiger partial charge is 0.497 e. The van der Waals surface area contributed by atoms with E-state index in [1.54, 1.807) is 43.5 Å². The number of nitrogens with zero attached hydrogens (tertiary/aromatic N) is 1. The molecule has 1 aliphatic heterocycles.